The first-order valence-corrected chi connectivity index (χ1v) is 4.37. The molecule has 1 aliphatic heterocycles. The van der Waals surface area contributed by atoms with Gasteiger partial charge in [0, 0.05) is 23.8 Å². The van der Waals surface area contributed by atoms with Gasteiger partial charge in [0.2, 0.25) is 0 Å². The lowest BCUT2D eigenvalue weighted by atomic mass is 10.2. The molecule has 1 aromatic carbocycles. The van der Waals surface area contributed by atoms with Crippen molar-refractivity contribution in [2.75, 3.05) is 17.2 Å². The molecule has 0 radical (unpaired) electrons. The molecule has 0 fully saturated rings. The Morgan fingerprint density at radius 2 is 1.86 bits per heavy atom. The van der Waals surface area contributed by atoms with E-state index < -0.39 is 0 Å². The number of nitrogen functional groups attached to an aromatic ring is 1. The standard InChI is InChI=1S/C10H12N4/c11-8-1-3-9(4-2-8)14-6-5-13-10(12)7-14/h1-6H,7,11H2,(H2,12,13). The molecule has 0 saturated carbocycles. The molecule has 4 nitrogen and oxygen atoms in total. The second-order valence-corrected chi connectivity index (χ2v) is 3.14. The first kappa shape index (κ1) is 8.62. The zero-order valence-electron chi connectivity index (χ0n) is 7.72. The fourth-order valence-electron chi connectivity index (χ4n) is 1.32. The monoisotopic (exact) mass is 188 g/mol. The van der Waals surface area contributed by atoms with Crippen LogP contribution in [0.1, 0.15) is 0 Å². The van der Waals surface area contributed by atoms with Gasteiger partial charge < -0.3 is 16.4 Å². The molecule has 0 aliphatic carbocycles. The second kappa shape index (κ2) is 3.41. The normalized spacial score (nSPS) is 15.4. The van der Waals surface area contributed by atoms with Gasteiger partial charge in [0.1, 0.15) is 5.84 Å². The summed E-state index contributed by atoms with van der Waals surface area (Å²) in [7, 11) is 0. The minimum absolute atomic E-state index is 0.615. The second-order valence-electron chi connectivity index (χ2n) is 3.14. The zero-order valence-corrected chi connectivity index (χ0v) is 7.72. The van der Waals surface area contributed by atoms with Crippen LogP contribution in [-0.4, -0.2) is 12.4 Å². The Kier molecular flexibility index (Phi) is 2.10. The van der Waals surface area contributed by atoms with Crippen molar-refractivity contribution in [1.29, 1.82) is 0 Å². The van der Waals surface area contributed by atoms with Crippen molar-refractivity contribution in [3.05, 3.63) is 36.7 Å². The number of amidine groups is 1. The summed E-state index contributed by atoms with van der Waals surface area (Å²) in [6.45, 7) is 0.625. The summed E-state index contributed by atoms with van der Waals surface area (Å²) >= 11 is 0. The van der Waals surface area contributed by atoms with Crippen LogP contribution in [0.2, 0.25) is 0 Å². The fourth-order valence-corrected chi connectivity index (χ4v) is 1.32. The van der Waals surface area contributed by atoms with Crippen LogP contribution in [0.25, 0.3) is 0 Å². The Labute approximate surface area is 82.5 Å². The molecule has 0 amide bonds. The number of nitrogens with zero attached hydrogens (tertiary/aromatic N) is 2. The van der Waals surface area contributed by atoms with E-state index in [0.717, 1.165) is 11.4 Å². The maximum atomic E-state index is 5.62. The molecule has 72 valence electrons. The summed E-state index contributed by atoms with van der Waals surface area (Å²) in [5.74, 6) is 0.615. The molecular weight excluding hydrogens is 176 g/mol. The van der Waals surface area contributed by atoms with Crippen molar-refractivity contribution in [2.24, 2.45) is 10.7 Å². The van der Waals surface area contributed by atoms with Crippen molar-refractivity contribution in [1.82, 2.24) is 0 Å². The van der Waals surface area contributed by atoms with Gasteiger partial charge in [0.15, 0.2) is 0 Å². The Balaban J connectivity index is 2.21. The Morgan fingerprint density at radius 1 is 1.14 bits per heavy atom. The maximum absolute atomic E-state index is 5.62. The molecule has 2 rings (SSSR count). The van der Waals surface area contributed by atoms with Crippen molar-refractivity contribution < 1.29 is 0 Å². The summed E-state index contributed by atoms with van der Waals surface area (Å²) in [4.78, 5) is 5.99. The average molecular weight is 188 g/mol. The van der Waals surface area contributed by atoms with E-state index in [-0.39, 0.29) is 0 Å². The minimum atomic E-state index is 0.615. The Hall–Kier alpha value is -1.97. The number of hydrogen-bond donors (Lipinski definition) is 2. The van der Waals surface area contributed by atoms with Gasteiger partial charge in [-0.25, -0.2) is 4.99 Å². The summed E-state index contributed by atoms with van der Waals surface area (Å²) in [6.07, 6.45) is 3.58. The highest BCUT2D eigenvalue weighted by Gasteiger charge is 2.07. The van der Waals surface area contributed by atoms with Crippen LogP contribution >= 0.6 is 0 Å². The number of benzene rings is 1. The molecule has 0 saturated heterocycles. The SMILES string of the molecule is NC1=NC=CN(c2ccc(N)cc2)C1. The minimum Gasteiger partial charge on any atom is -0.399 e. The van der Waals surface area contributed by atoms with E-state index in [1.165, 1.54) is 0 Å². The predicted molar refractivity (Wildman–Crippen MR) is 59.0 cm³/mol. The first-order valence-electron chi connectivity index (χ1n) is 4.37. The summed E-state index contributed by atoms with van der Waals surface area (Å²) in [5.41, 5.74) is 13.0. The van der Waals surface area contributed by atoms with Crippen molar-refractivity contribution >= 4 is 17.2 Å². The van der Waals surface area contributed by atoms with Crippen molar-refractivity contribution in [3.63, 3.8) is 0 Å². The molecule has 4 N–H and O–H groups in total. The van der Waals surface area contributed by atoms with Gasteiger partial charge in [-0.2, -0.15) is 0 Å². The van der Waals surface area contributed by atoms with Gasteiger partial charge in [-0.15, -0.1) is 0 Å². The predicted octanol–water partition coefficient (Wildman–Crippen LogP) is 0.917. The van der Waals surface area contributed by atoms with Gasteiger partial charge in [-0.05, 0) is 24.3 Å². The number of aliphatic imine (C=N–C) groups is 1. The van der Waals surface area contributed by atoms with E-state index in [4.69, 9.17) is 11.5 Å². The lowest BCUT2D eigenvalue weighted by molar-refractivity contribution is 1.07. The van der Waals surface area contributed by atoms with E-state index in [9.17, 15) is 0 Å². The lowest BCUT2D eigenvalue weighted by Gasteiger charge is -2.22. The fraction of sp³-hybridized carbons (Fsp3) is 0.100. The highest BCUT2D eigenvalue weighted by atomic mass is 15.2. The third-order valence-corrected chi connectivity index (χ3v) is 2.04. The highest BCUT2D eigenvalue weighted by molar-refractivity contribution is 5.87. The zero-order chi connectivity index (χ0) is 9.97. The largest absolute Gasteiger partial charge is 0.399 e. The average Bonchev–Trinajstić information content (AvgIpc) is 2.19. The Morgan fingerprint density at radius 3 is 2.50 bits per heavy atom. The molecule has 0 unspecified atom stereocenters. The molecular formula is C10H12N4. The topological polar surface area (TPSA) is 67.6 Å². The van der Waals surface area contributed by atoms with Crippen LogP contribution in [0.15, 0.2) is 41.7 Å². The van der Waals surface area contributed by atoms with Crippen molar-refractivity contribution in [2.45, 2.75) is 0 Å². The van der Waals surface area contributed by atoms with Crippen LogP contribution in [-0.2, 0) is 0 Å². The first-order chi connectivity index (χ1) is 6.75. The molecule has 1 aromatic rings. The van der Waals surface area contributed by atoms with E-state index in [0.29, 0.717) is 12.4 Å². The number of rotatable bonds is 1. The Bertz CT molecular complexity index is 378. The number of anilines is 2. The van der Waals surface area contributed by atoms with Gasteiger partial charge in [0.05, 0.1) is 6.54 Å². The number of nitrogens with two attached hydrogens (primary N) is 2. The molecule has 0 spiro atoms. The summed E-state index contributed by atoms with van der Waals surface area (Å²) in [6, 6.07) is 7.65. The van der Waals surface area contributed by atoms with E-state index in [1.807, 2.05) is 35.4 Å². The number of hydrogen-bond acceptors (Lipinski definition) is 4. The van der Waals surface area contributed by atoms with E-state index >= 15 is 0 Å². The summed E-state index contributed by atoms with van der Waals surface area (Å²) in [5, 5.41) is 0. The van der Waals surface area contributed by atoms with E-state index in [2.05, 4.69) is 4.99 Å². The molecule has 4 heteroatoms. The van der Waals surface area contributed by atoms with Gasteiger partial charge in [-0.3, -0.25) is 0 Å². The molecule has 1 aliphatic rings. The van der Waals surface area contributed by atoms with Gasteiger partial charge >= 0.3 is 0 Å². The maximum Gasteiger partial charge on any atom is 0.119 e. The smallest absolute Gasteiger partial charge is 0.119 e. The molecule has 0 atom stereocenters. The van der Waals surface area contributed by atoms with Crippen LogP contribution in [0.4, 0.5) is 11.4 Å². The highest BCUT2D eigenvalue weighted by Crippen LogP contribution is 2.17. The van der Waals surface area contributed by atoms with Gasteiger partial charge in [-0.1, -0.05) is 0 Å². The molecule has 0 aromatic heterocycles. The van der Waals surface area contributed by atoms with Crippen LogP contribution in [0.3, 0.4) is 0 Å². The summed E-state index contributed by atoms with van der Waals surface area (Å²) < 4.78 is 0. The molecule has 0 bridgehead atoms. The van der Waals surface area contributed by atoms with Crippen LogP contribution < -0.4 is 16.4 Å². The lowest BCUT2D eigenvalue weighted by Crippen LogP contribution is -2.32. The third-order valence-electron chi connectivity index (χ3n) is 2.04. The van der Waals surface area contributed by atoms with Crippen LogP contribution in [0.5, 0.6) is 0 Å². The van der Waals surface area contributed by atoms with E-state index in [1.54, 1.807) is 6.20 Å². The molecule has 1 heterocycles. The van der Waals surface area contributed by atoms with Gasteiger partial charge in [0.25, 0.3) is 0 Å². The quantitative estimate of drug-likeness (QED) is 0.644. The third kappa shape index (κ3) is 1.69. The van der Waals surface area contributed by atoms with Crippen LogP contribution in [0, 0.1) is 0 Å². The molecule has 14 heavy (non-hydrogen) atoms. The van der Waals surface area contributed by atoms with Crippen molar-refractivity contribution in [3.8, 4) is 0 Å².